The standard InChI is InChI=1S/C17H15N7O2/c1-26-16(25)10-23-8-7-14(22-23)21-15-9-13(12-5-3-2-4-6-12)20-17-18-11-19-24(15)17/h2-9,11H,10H2,1H3,(H,21,22). The number of rotatable bonds is 5. The molecule has 26 heavy (non-hydrogen) atoms. The first-order valence-corrected chi connectivity index (χ1v) is 7.86. The molecule has 130 valence electrons. The molecule has 4 aromatic rings. The maximum atomic E-state index is 11.4. The molecule has 9 nitrogen and oxygen atoms in total. The smallest absolute Gasteiger partial charge is 0.327 e. The van der Waals surface area contributed by atoms with Gasteiger partial charge in [-0.1, -0.05) is 30.3 Å². The fourth-order valence-corrected chi connectivity index (χ4v) is 2.50. The number of nitrogens with one attached hydrogen (secondary N) is 1. The van der Waals surface area contributed by atoms with Crippen molar-refractivity contribution in [3.8, 4) is 11.3 Å². The van der Waals surface area contributed by atoms with Crippen LogP contribution >= 0.6 is 0 Å². The maximum Gasteiger partial charge on any atom is 0.327 e. The summed E-state index contributed by atoms with van der Waals surface area (Å²) in [6.07, 6.45) is 3.13. The number of esters is 1. The van der Waals surface area contributed by atoms with Crippen molar-refractivity contribution in [3.05, 3.63) is 55.0 Å². The van der Waals surface area contributed by atoms with Crippen LogP contribution in [-0.4, -0.2) is 42.4 Å². The fourth-order valence-electron chi connectivity index (χ4n) is 2.50. The summed E-state index contributed by atoms with van der Waals surface area (Å²) in [5, 5.41) is 11.7. The topological polar surface area (TPSA) is 99.2 Å². The molecule has 3 aromatic heterocycles. The molecule has 0 atom stereocenters. The van der Waals surface area contributed by atoms with Crippen molar-refractivity contribution in [1.82, 2.24) is 29.4 Å². The molecule has 0 unspecified atom stereocenters. The van der Waals surface area contributed by atoms with Gasteiger partial charge in [-0.15, -0.1) is 0 Å². The molecule has 0 spiro atoms. The average Bonchev–Trinajstić information content (AvgIpc) is 3.31. The number of anilines is 2. The molecular weight excluding hydrogens is 334 g/mol. The van der Waals surface area contributed by atoms with Gasteiger partial charge in [-0.05, 0) is 0 Å². The summed E-state index contributed by atoms with van der Waals surface area (Å²) in [5.41, 5.74) is 1.74. The number of hydrogen-bond donors (Lipinski definition) is 1. The fraction of sp³-hybridized carbons (Fsp3) is 0.118. The van der Waals surface area contributed by atoms with E-state index in [-0.39, 0.29) is 12.5 Å². The van der Waals surface area contributed by atoms with E-state index >= 15 is 0 Å². The van der Waals surface area contributed by atoms with Crippen LogP contribution in [-0.2, 0) is 16.1 Å². The maximum absolute atomic E-state index is 11.4. The van der Waals surface area contributed by atoms with Gasteiger partial charge >= 0.3 is 5.97 Å². The zero-order valence-electron chi connectivity index (χ0n) is 13.9. The predicted molar refractivity (Wildman–Crippen MR) is 93.7 cm³/mol. The largest absolute Gasteiger partial charge is 0.468 e. The number of hydrogen-bond acceptors (Lipinski definition) is 7. The first-order chi connectivity index (χ1) is 12.7. The minimum absolute atomic E-state index is 0.0442. The number of carbonyl (C=O) groups is 1. The summed E-state index contributed by atoms with van der Waals surface area (Å²) in [7, 11) is 1.34. The minimum Gasteiger partial charge on any atom is -0.468 e. The van der Waals surface area contributed by atoms with E-state index in [2.05, 4.69) is 30.2 Å². The van der Waals surface area contributed by atoms with Gasteiger partial charge in [-0.2, -0.15) is 19.7 Å². The van der Waals surface area contributed by atoms with Crippen molar-refractivity contribution in [2.24, 2.45) is 0 Å². The summed E-state index contributed by atoms with van der Waals surface area (Å²) in [4.78, 5) is 20.1. The van der Waals surface area contributed by atoms with Gasteiger partial charge in [-0.3, -0.25) is 9.48 Å². The molecule has 9 heteroatoms. The average molecular weight is 349 g/mol. The van der Waals surface area contributed by atoms with Crippen molar-refractivity contribution in [3.63, 3.8) is 0 Å². The van der Waals surface area contributed by atoms with E-state index in [9.17, 15) is 4.79 Å². The molecular formula is C17H15N7O2. The number of carbonyl (C=O) groups excluding carboxylic acids is 1. The molecule has 0 aliphatic heterocycles. The second-order valence-electron chi connectivity index (χ2n) is 5.46. The molecule has 0 aliphatic rings. The molecule has 4 rings (SSSR count). The van der Waals surface area contributed by atoms with Crippen molar-refractivity contribution < 1.29 is 9.53 Å². The molecule has 0 saturated heterocycles. The zero-order valence-corrected chi connectivity index (χ0v) is 13.9. The third-order valence-corrected chi connectivity index (χ3v) is 3.74. The Morgan fingerprint density at radius 3 is 2.88 bits per heavy atom. The van der Waals surface area contributed by atoms with Crippen molar-refractivity contribution in [2.75, 3.05) is 12.4 Å². The number of fused-ring (bicyclic) bond motifs is 1. The molecule has 1 N–H and O–H groups in total. The van der Waals surface area contributed by atoms with Crippen LogP contribution in [0.5, 0.6) is 0 Å². The van der Waals surface area contributed by atoms with Gasteiger partial charge in [-0.25, -0.2) is 4.98 Å². The van der Waals surface area contributed by atoms with Gasteiger partial charge < -0.3 is 10.1 Å². The minimum atomic E-state index is -0.367. The highest BCUT2D eigenvalue weighted by molar-refractivity contribution is 5.69. The Bertz CT molecular complexity index is 1060. The monoisotopic (exact) mass is 349 g/mol. The highest BCUT2D eigenvalue weighted by Gasteiger charge is 2.11. The molecule has 1 aromatic carbocycles. The van der Waals surface area contributed by atoms with Crippen LogP contribution in [0.25, 0.3) is 17.0 Å². The lowest BCUT2D eigenvalue weighted by atomic mass is 10.1. The molecule has 0 amide bonds. The summed E-state index contributed by atoms with van der Waals surface area (Å²) in [6.45, 7) is 0.0442. The van der Waals surface area contributed by atoms with Crippen LogP contribution in [0.15, 0.2) is 55.0 Å². The highest BCUT2D eigenvalue weighted by atomic mass is 16.5. The summed E-state index contributed by atoms with van der Waals surface area (Å²) >= 11 is 0. The van der Waals surface area contributed by atoms with Crippen LogP contribution in [0.4, 0.5) is 11.6 Å². The lowest BCUT2D eigenvalue weighted by Crippen LogP contribution is -2.12. The Labute approximate surface area is 148 Å². The quantitative estimate of drug-likeness (QED) is 0.549. The van der Waals surface area contributed by atoms with Crippen LogP contribution < -0.4 is 5.32 Å². The molecule has 0 bridgehead atoms. The summed E-state index contributed by atoms with van der Waals surface area (Å²) in [6, 6.07) is 13.4. The number of nitrogens with zero attached hydrogens (tertiary/aromatic N) is 6. The number of methoxy groups -OCH3 is 1. The van der Waals surface area contributed by atoms with E-state index in [0.29, 0.717) is 17.4 Å². The van der Waals surface area contributed by atoms with Crippen molar-refractivity contribution in [2.45, 2.75) is 6.54 Å². The third-order valence-electron chi connectivity index (χ3n) is 3.74. The number of aromatic nitrogens is 6. The molecule has 0 aliphatic carbocycles. The van der Waals surface area contributed by atoms with Crippen LogP contribution in [0.1, 0.15) is 0 Å². The van der Waals surface area contributed by atoms with Gasteiger partial charge in [0.05, 0.1) is 12.8 Å². The Kier molecular flexibility index (Phi) is 4.02. The normalized spacial score (nSPS) is 10.8. The van der Waals surface area contributed by atoms with E-state index < -0.39 is 0 Å². The molecule has 0 radical (unpaired) electrons. The Hall–Kier alpha value is -3.75. The Morgan fingerprint density at radius 1 is 1.23 bits per heavy atom. The summed E-state index contributed by atoms with van der Waals surface area (Å²) < 4.78 is 7.72. The van der Waals surface area contributed by atoms with E-state index in [1.807, 2.05) is 36.4 Å². The summed E-state index contributed by atoms with van der Waals surface area (Å²) in [5.74, 6) is 1.34. The predicted octanol–water partition coefficient (Wildman–Crippen LogP) is 1.90. The van der Waals surface area contributed by atoms with Gasteiger partial charge in [0, 0.05) is 23.9 Å². The second kappa shape index (κ2) is 6.63. The third kappa shape index (κ3) is 3.09. The van der Waals surface area contributed by atoms with Crippen LogP contribution in [0, 0.1) is 0 Å². The number of ether oxygens (including phenoxy) is 1. The Morgan fingerprint density at radius 2 is 2.08 bits per heavy atom. The van der Waals surface area contributed by atoms with E-state index in [4.69, 9.17) is 0 Å². The Balaban J connectivity index is 1.68. The first-order valence-electron chi connectivity index (χ1n) is 7.86. The molecule has 0 saturated carbocycles. The van der Waals surface area contributed by atoms with E-state index in [0.717, 1.165) is 11.3 Å². The van der Waals surface area contributed by atoms with Gasteiger partial charge in [0.25, 0.3) is 5.78 Å². The second-order valence-corrected chi connectivity index (χ2v) is 5.46. The van der Waals surface area contributed by atoms with Crippen LogP contribution in [0.2, 0.25) is 0 Å². The van der Waals surface area contributed by atoms with Gasteiger partial charge in [0.1, 0.15) is 18.7 Å². The van der Waals surface area contributed by atoms with E-state index in [1.165, 1.54) is 18.1 Å². The number of benzene rings is 1. The molecule has 0 fully saturated rings. The highest BCUT2D eigenvalue weighted by Crippen LogP contribution is 2.23. The van der Waals surface area contributed by atoms with Crippen LogP contribution in [0.3, 0.4) is 0 Å². The lowest BCUT2D eigenvalue weighted by molar-refractivity contribution is -0.141. The van der Waals surface area contributed by atoms with Gasteiger partial charge in [0.15, 0.2) is 5.82 Å². The SMILES string of the molecule is COC(=O)Cn1ccc(Nc2cc(-c3ccccc3)nc3ncnn23)n1. The lowest BCUT2D eigenvalue weighted by Gasteiger charge is -2.08. The molecule has 3 heterocycles. The zero-order chi connectivity index (χ0) is 17.9. The van der Waals surface area contributed by atoms with Crippen molar-refractivity contribution >= 4 is 23.4 Å². The van der Waals surface area contributed by atoms with Crippen molar-refractivity contribution in [1.29, 1.82) is 0 Å². The first kappa shape index (κ1) is 15.8. The van der Waals surface area contributed by atoms with E-state index in [1.54, 1.807) is 16.8 Å². The van der Waals surface area contributed by atoms with Gasteiger partial charge in [0.2, 0.25) is 0 Å².